The molecule has 1 aromatic rings. The van der Waals surface area contributed by atoms with Gasteiger partial charge in [-0.3, -0.25) is 0 Å². The first-order valence-electron chi connectivity index (χ1n) is 7.84. The lowest BCUT2D eigenvalue weighted by Gasteiger charge is -2.19. The van der Waals surface area contributed by atoms with E-state index < -0.39 is 6.10 Å². The summed E-state index contributed by atoms with van der Waals surface area (Å²) in [6, 6.07) is 5.52. The fourth-order valence-electron chi connectivity index (χ4n) is 3.03. The van der Waals surface area contributed by atoms with Crippen molar-refractivity contribution in [3.63, 3.8) is 0 Å². The first kappa shape index (κ1) is 16.1. The zero-order chi connectivity index (χ0) is 15.2. The smallest absolute Gasteiger partial charge is 0.127 e. The highest BCUT2D eigenvalue weighted by atomic mass is 16.5. The zero-order valence-electron chi connectivity index (χ0n) is 13.0. The van der Waals surface area contributed by atoms with Crippen molar-refractivity contribution < 1.29 is 14.6 Å². The predicted molar refractivity (Wildman–Crippen MR) is 83.7 cm³/mol. The maximum atomic E-state index is 10.1. The molecule has 2 unspecified atom stereocenters. The molecule has 118 valence electrons. The molecule has 0 saturated heterocycles. The fraction of sp³-hybridized carbons (Fsp3) is 0.647. The molecule has 0 aromatic heterocycles. The highest BCUT2D eigenvalue weighted by molar-refractivity contribution is 5.42. The summed E-state index contributed by atoms with van der Waals surface area (Å²) in [5.41, 5.74) is 6.90. The lowest BCUT2D eigenvalue weighted by atomic mass is 10.0. The van der Waals surface area contributed by atoms with E-state index in [0.29, 0.717) is 18.3 Å². The Bertz CT molecular complexity index is 442. The van der Waals surface area contributed by atoms with Crippen molar-refractivity contribution in [3.05, 3.63) is 23.8 Å². The second-order valence-corrected chi connectivity index (χ2v) is 6.04. The normalized spacial score (nSPS) is 18.5. The van der Waals surface area contributed by atoms with Crippen LogP contribution in [-0.2, 0) is 0 Å². The Hall–Kier alpha value is -1.26. The van der Waals surface area contributed by atoms with Gasteiger partial charge in [-0.15, -0.1) is 0 Å². The molecule has 0 spiro atoms. The minimum atomic E-state index is -0.416. The van der Waals surface area contributed by atoms with Gasteiger partial charge in [-0.25, -0.2) is 0 Å². The molecule has 1 saturated carbocycles. The number of hydrogen-bond acceptors (Lipinski definition) is 4. The van der Waals surface area contributed by atoms with Crippen LogP contribution in [0, 0.1) is 5.92 Å². The molecular formula is C17H27NO3. The van der Waals surface area contributed by atoms with Crippen molar-refractivity contribution in [1.29, 1.82) is 0 Å². The van der Waals surface area contributed by atoms with E-state index in [2.05, 4.69) is 0 Å². The van der Waals surface area contributed by atoms with E-state index in [1.807, 2.05) is 25.1 Å². The Morgan fingerprint density at radius 3 is 2.67 bits per heavy atom. The van der Waals surface area contributed by atoms with Crippen LogP contribution in [0.25, 0.3) is 0 Å². The second-order valence-electron chi connectivity index (χ2n) is 6.04. The van der Waals surface area contributed by atoms with E-state index >= 15 is 0 Å². The van der Waals surface area contributed by atoms with Gasteiger partial charge in [0.2, 0.25) is 0 Å². The van der Waals surface area contributed by atoms with Crippen LogP contribution in [0.3, 0.4) is 0 Å². The molecular weight excluding hydrogens is 266 g/mol. The average molecular weight is 293 g/mol. The first-order valence-corrected chi connectivity index (χ1v) is 7.84. The van der Waals surface area contributed by atoms with Crippen LogP contribution >= 0.6 is 0 Å². The van der Waals surface area contributed by atoms with Crippen molar-refractivity contribution >= 4 is 0 Å². The topological polar surface area (TPSA) is 64.7 Å². The zero-order valence-corrected chi connectivity index (χ0v) is 13.0. The molecule has 1 fully saturated rings. The third kappa shape index (κ3) is 4.61. The second kappa shape index (κ2) is 7.66. The Balaban J connectivity index is 1.94. The number of methoxy groups -OCH3 is 1. The fourth-order valence-corrected chi connectivity index (χ4v) is 3.03. The minimum Gasteiger partial charge on any atom is -0.497 e. The van der Waals surface area contributed by atoms with E-state index in [-0.39, 0.29) is 6.04 Å². The summed E-state index contributed by atoms with van der Waals surface area (Å²) in [5, 5.41) is 10.1. The quantitative estimate of drug-likeness (QED) is 0.811. The van der Waals surface area contributed by atoms with E-state index in [4.69, 9.17) is 15.2 Å². The largest absolute Gasteiger partial charge is 0.497 e. The SMILES string of the molecule is COc1ccc(C(C)N)c(OCC(O)CC2CCCC2)c1. The molecule has 21 heavy (non-hydrogen) atoms. The molecule has 2 rings (SSSR count). The van der Waals surface area contributed by atoms with Crippen LogP contribution in [-0.4, -0.2) is 24.9 Å². The molecule has 0 amide bonds. The Morgan fingerprint density at radius 2 is 2.05 bits per heavy atom. The molecule has 4 nitrogen and oxygen atoms in total. The molecule has 0 bridgehead atoms. The molecule has 0 radical (unpaired) electrons. The summed E-state index contributed by atoms with van der Waals surface area (Å²) in [7, 11) is 1.62. The Labute approximate surface area is 127 Å². The van der Waals surface area contributed by atoms with Gasteiger partial charge in [-0.05, 0) is 25.3 Å². The van der Waals surface area contributed by atoms with Crippen LogP contribution in [0.15, 0.2) is 18.2 Å². The van der Waals surface area contributed by atoms with Gasteiger partial charge in [0.15, 0.2) is 0 Å². The molecule has 0 heterocycles. The number of hydrogen-bond donors (Lipinski definition) is 2. The van der Waals surface area contributed by atoms with Crippen LogP contribution in [0.5, 0.6) is 11.5 Å². The third-order valence-electron chi connectivity index (χ3n) is 4.22. The summed E-state index contributed by atoms with van der Waals surface area (Å²) < 4.78 is 11.0. The molecule has 1 aliphatic carbocycles. The Morgan fingerprint density at radius 1 is 1.33 bits per heavy atom. The summed E-state index contributed by atoms with van der Waals surface area (Å²) >= 11 is 0. The monoisotopic (exact) mass is 293 g/mol. The van der Waals surface area contributed by atoms with Crippen LogP contribution in [0.2, 0.25) is 0 Å². The first-order chi connectivity index (χ1) is 10.1. The van der Waals surface area contributed by atoms with Gasteiger partial charge in [0, 0.05) is 17.7 Å². The summed E-state index contributed by atoms with van der Waals surface area (Å²) in [5.74, 6) is 2.09. The van der Waals surface area contributed by atoms with Gasteiger partial charge in [0.1, 0.15) is 18.1 Å². The van der Waals surface area contributed by atoms with Crippen molar-refractivity contribution in [3.8, 4) is 11.5 Å². The van der Waals surface area contributed by atoms with Crippen LogP contribution in [0.1, 0.15) is 50.6 Å². The maximum absolute atomic E-state index is 10.1. The lowest BCUT2D eigenvalue weighted by molar-refractivity contribution is 0.0848. The number of benzene rings is 1. The van der Waals surface area contributed by atoms with E-state index in [0.717, 1.165) is 17.7 Å². The van der Waals surface area contributed by atoms with Gasteiger partial charge in [-0.2, -0.15) is 0 Å². The highest BCUT2D eigenvalue weighted by Gasteiger charge is 2.19. The van der Waals surface area contributed by atoms with Crippen molar-refractivity contribution in [2.75, 3.05) is 13.7 Å². The van der Waals surface area contributed by atoms with Crippen molar-refractivity contribution in [1.82, 2.24) is 0 Å². The van der Waals surface area contributed by atoms with Crippen molar-refractivity contribution in [2.24, 2.45) is 11.7 Å². The molecule has 4 heteroatoms. The standard InChI is InChI=1S/C17H27NO3/c1-12(18)16-8-7-15(20-2)10-17(16)21-11-14(19)9-13-5-3-4-6-13/h7-8,10,12-14,19H,3-6,9,11,18H2,1-2H3. The summed E-state index contributed by atoms with van der Waals surface area (Å²) in [4.78, 5) is 0. The molecule has 0 aliphatic heterocycles. The summed E-state index contributed by atoms with van der Waals surface area (Å²) in [6.07, 6.45) is 5.48. The van der Waals surface area contributed by atoms with Gasteiger partial charge < -0.3 is 20.3 Å². The molecule has 3 N–H and O–H groups in total. The average Bonchev–Trinajstić information content (AvgIpc) is 2.97. The maximum Gasteiger partial charge on any atom is 0.127 e. The van der Waals surface area contributed by atoms with Crippen molar-refractivity contribution in [2.45, 2.75) is 51.2 Å². The van der Waals surface area contributed by atoms with E-state index in [1.54, 1.807) is 7.11 Å². The number of ether oxygens (including phenoxy) is 2. The van der Waals surface area contributed by atoms with Gasteiger partial charge in [0.05, 0.1) is 13.2 Å². The van der Waals surface area contributed by atoms with Gasteiger partial charge >= 0.3 is 0 Å². The lowest BCUT2D eigenvalue weighted by Crippen LogP contribution is -2.21. The summed E-state index contributed by atoms with van der Waals surface area (Å²) in [6.45, 7) is 2.23. The predicted octanol–water partition coefficient (Wildman–Crippen LogP) is 3.03. The van der Waals surface area contributed by atoms with Gasteiger partial charge in [0.25, 0.3) is 0 Å². The minimum absolute atomic E-state index is 0.113. The number of nitrogens with two attached hydrogens (primary N) is 1. The molecule has 1 aliphatic rings. The Kier molecular flexibility index (Phi) is 5.88. The number of rotatable bonds is 7. The third-order valence-corrected chi connectivity index (χ3v) is 4.22. The van der Waals surface area contributed by atoms with E-state index in [1.165, 1.54) is 25.7 Å². The molecule has 1 aromatic carbocycles. The van der Waals surface area contributed by atoms with Crippen LogP contribution in [0.4, 0.5) is 0 Å². The highest BCUT2D eigenvalue weighted by Crippen LogP contribution is 2.30. The van der Waals surface area contributed by atoms with E-state index in [9.17, 15) is 5.11 Å². The van der Waals surface area contributed by atoms with Crippen LogP contribution < -0.4 is 15.2 Å². The van der Waals surface area contributed by atoms with Gasteiger partial charge in [-0.1, -0.05) is 31.7 Å². The molecule has 2 atom stereocenters. The number of aliphatic hydroxyl groups is 1. The number of aliphatic hydroxyl groups excluding tert-OH is 1.